The second-order valence-electron chi connectivity index (χ2n) is 3.80. The van der Waals surface area contributed by atoms with E-state index in [0.29, 0.717) is 12.8 Å². The lowest BCUT2D eigenvalue weighted by atomic mass is 10.1. The van der Waals surface area contributed by atoms with Gasteiger partial charge in [-0.3, -0.25) is 4.79 Å². The minimum Gasteiger partial charge on any atom is -0.451 e. The van der Waals surface area contributed by atoms with Gasteiger partial charge in [0, 0.05) is 12.8 Å². The molecule has 1 aliphatic carbocycles. The third-order valence-corrected chi connectivity index (χ3v) is 2.72. The third-order valence-electron chi connectivity index (χ3n) is 2.72. The van der Waals surface area contributed by atoms with Crippen molar-refractivity contribution >= 4 is 5.97 Å². The molecule has 1 aromatic rings. The highest BCUT2D eigenvalue weighted by Gasteiger charge is 2.58. The van der Waals surface area contributed by atoms with Crippen LogP contribution in [0.4, 0.5) is 0 Å². The van der Waals surface area contributed by atoms with E-state index in [1.807, 2.05) is 30.3 Å². The molecule has 15 heavy (non-hydrogen) atoms. The van der Waals surface area contributed by atoms with Crippen LogP contribution in [0.2, 0.25) is 0 Å². The van der Waals surface area contributed by atoms with Gasteiger partial charge in [0.1, 0.15) is 6.10 Å². The maximum absolute atomic E-state index is 11.3. The molecule has 2 unspecified atom stereocenters. The lowest BCUT2D eigenvalue weighted by Gasteiger charge is -2.17. The summed E-state index contributed by atoms with van der Waals surface area (Å²) in [6.45, 7) is 1.75. The van der Waals surface area contributed by atoms with E-state index in [0.717, 1.165) is 5.56 Å². The Hall–Kier alpha value is -1.35. The van der Waals surface area contributed by atoms with E-state index in [9.17, 15) is 9.90 Å². The molecule has 1 fully saturated rings. The van der Waals surface area contributed by atoms with E-state index in [2.05, 4.69) is 0 Å². The monoisotopic (exact) mass is 206 g/mol. The van der Waals surface area contributed by atoms with Crippen LogP contribution >= 0.6 is 0 Å². The number of hydrogen-bond donors (Lipinski definition) is 1. The Labute approximate surface area is 88.7 Å². The molecule has 1 aliphatic rings. The summed E-state index contributed by atoms with van der Waals surface area (Å²) in [5.74, 6) is -0.268. The van der Waals surface area contributed by atoms with Crippen LogP contribution < -0.4 is 0 Å². The van der Waals surface area contributed by atoms with E-state index in [1.165, 1.54) is 0 Å². The maximum Gasteiger partial charge on any atom is 0.306 e. The number of carbonyl (C=O) groups excluding carboxylic acids is 1. The highest BCUT2D eigenvalue weighted by atomic mass is 16.6. The number of hydrogen-bond acceptors (Lipinski definition) is 3. The predicted molar refractivity (Wildman–Crippen MR) is 55.1 cm³/mol. The highest BCUT2D eigenvalue weighted by molar-refractivity contribution is 5.70. The molecular weight excluding hydrogens is 192 g/mol. The molecule has 2 atom stereocenters. The number of aliphatic hydroxyl groups excluding tert-OH is 1. The number of rotatable bonds is 3. The molecule has 1 aromatic carbocycles. The Morgan fingerprint density at radius 2 is 2.13 bits per heavy atom. The molecule has 0 aliphatic heterocycles. The molecule has 0 aromatic heterocycles. The number of benzene rings is 1. The fraction of sp³-hybridized carbons (Fsp3) is 0.417. The summed E-state index contributed by atoms with van der Waals surface area (Å²) in [6.07, 6.45) is 0.278. The topological polar surface area (TPSA) is 46.5 Å². The number of carbonyl (C=O) groups is 1. The van der Waals surface area contributed by atoms with Crippen LogP contribution in [0.25, 0.3) is 0 Å². The average Bonchev–Trinajstić information content (AvgIpc) is 2.91. The van der Waals surface area contributed by atoms with Crippen molar-refractivity contribution in [1.82, 2.24) is 0 Å². The molecule has 2 rings (SSSR count). The van der Waals surface area contributed by atoms with Gasteiger partial charge in [0.2, 0.25) is 0 Å². The van der Waals surface area contributed by atoms with Crippen LogP contribution in [0.5, 0.6) is 0 Å². The molecule has 0 spiro atoms. The first-order valence-corrected chi connectivity index (χ1v) is 5.14. The van der Waals surface area contributed by atoms with Gasteiger partial charge in [-0.1, -0.05) is 37.3 Å². The first-order chi connectivity index (χ1) is 7.19. The van der Waals surface area contributed by atoms with Gasteiger partial charge in [-0.25, -0.2) is 0 Å². The number of esters is 1. The molecule has 3 heteroatoms. The molecule has 0 amide bonds. The van der Waals surface area contributed by atoms with Crippen molar-refractivity contribution < 1.29 is 14.6 Å². The van der Waals surface area contributed by atoms with Crippen molar-refractivity contribution in [3.63, 3.8) is 0 Å². The minimum atomic E-state index is -0.769. The standard InChI is InChI=1S/C12H14O3/c1-2-11(14)15-12(8-10(12)13)9-6-4-3-5-7-9/h3-7,10,13H,2,8H2,1H3. The van der Waals surface area contributed by atoms with Gasteiger partial charge in [0.25, 0.3) is 0 Å². The summed E-state index contributed by atoms with van der Waals surface area (Å²) >= 11 is 0. The quantitative estimate of drug-likeness (QED) is 0.764. The molecule has 1 saturated carbocycles. The van der Waals surface area contributed by atoms with Crippen molar-refractivity contribution in [3.8, 4) is 0 Å². The van der Waals surface area contributed by atoms with Gasteiger partial charge in [-0.05, 0) is 5.56 Å². The second kappa shape index (κ2) is 3.66. The zero-order valence-corrected chi connectivity index (χ0v) is 8.64. The van der Waals surface area contributed by atoms with Gasteiger partial charge >= 0.3 is 5.97 Å². The molecule has 0 saturated heterocycles. The SMILES string of the molecule is CCC(=O)OC1(c2ccccc2)CC1O. The van der Waals surface area contributed by atoms with E-state index < -0.39 is 11.7 Å². The molecular formula is C12H14O3. The van der Waals surface area contributed by atoms with Crippen LogP contribution in [-0.4, -0.2) is 17.2 Å². The minimum absolute atomic E-state index is 0.268. The summed E-state index contributed by atoms with van der Waals surface area (Å²) in [4.78, 5) is 11.3. The average molecular weight is 206 g/mol. The zero-order chi connectivity index (χ0) is 10.9. The molecule has 0 radical (unpaired) electrons. The Morgan fingerprint density at radius 3 is 2.60 bits per heavy atom. The highest BCUT2D eigenvalue weighted by Crippen LogP contribution is 2.49. The van der Waals surface area contributed by atoms with Crippen molar-refractivity contribution in [2.75, 3.05) is 0 Å². The van der Waals surface area contributed by atoms with Gasteiger partial charge in [-0.15, -0.1) is 0 Å². The van der Waals surface area contributed by atoms with Gasteiger partial charge in [0.05, 0.1) is 0 Å². The Balaban J connectivity index is 2.21. The normalized spacial score (nSPS) is 28.5. The fourth-order valence-corrected chi connectivity index (χ4v) is 1.70. The van der Waals surface area contributed by atoms with Gasteiger partial charge in [-0.2, -0.15) is 0 Å². The first kappa shape index (κ1) is 10.2. The maximum atomic E-state index is 11.3. The molecule has 0 heterocycles. The lowest BCUT2D eigenvalue weighted by molar-refractivity contribution is -0.153. The largest absolute Gasteiger partial charge is 0.451 e. The fourth-order valence-electron chi connectivity index (χ4n) is 1.70. The van der Waals surface area contributed by atoms with Gasteiger partial charge in [0.15, 0.2) is 5.60 Å². The predicted octanol–water partition coefficient (Wildman–Crippen LogP) is 1.60. The summed E-state index contributed by atoms with van der Waals surface area (Å²) < 4.78 is 5.31. The summed E-state index contributed by atoms with van der Waals surface area (Å²) in [6, 6.07) is 9.40. The van der Waals surface area contributed by atoms with E-state index in [-0.39, 0.29) is 5.97 Å². The lowest BCUT2D eigenvalue weighted by Crippen LogP contribution is -2.21. The first-order valence-electron chi connectivity index (χ1n) is 5.14. The van der Waals surface area contributed by atoms with E-state index in [1.54, 1.807) is 6.92 Å². The van der Waals surface area contributed by atoms with Crippen LogP contribution in [0, 0.1) is 0 Å². The zero-order valence-electron chi connectivity index (χ0n) is 8.64. The summed E-state index contributed by atoms with van der Waals surface area (Å²) in [7, 11) is 0. The van der Waals surface area contributed by atoms with Crippen molar-refractivity contribution in [3.05, 3.63) is 35.9 Å². The van der Waals surface area contributed by atoms with E-state index >= 15 is 0 Å². The second-order valence-corrected chi connectivity index (χ2v) is 3.80. The van der Waals surface area contributed by atoms with E-state index in [4.69, 9.17) is 4.74 Å². The molecule has 80 valence electrons. The summed E-state index contributed by atoms with van der Waals surface area (Å²) in [5, 5.41) is 9.60. The molecule has 0 bridgehead atoms. The van der Waals surface area contributed by atoms with Crippen LogP contribution in [-0.2, 0) is 15.1 Å². The number of ether oxygens (including phenoxy) is 1. The number of aliphatic hydroxyl groups is 1. The van der Waals surface area contributed by atoms with Gasteiger partial charge < -0.3 is 9.84 Å². The Morgan fingerprint density at radius 1 is 1.53 bits per heavy atom. The van der Waals surface area contributed by atoms with Crippen LogP contribution in [0.3, 0.4) is 0 Å². The Bertz CT molecular complexity index is 360. The Kier molecular flexibility index (Phi) is 2.49. The molecule has 1 N–H and O–H groups in total. The smallest absolute Gasteiger partial charge is 0.306 e. The van der Waals surface area contributed by atoms with Crippen molar-refractivity contribution in [2.24, 2.45) is 0 Å². The van der Waals surface area contributed by atoms with Crippen molar-refractivity contribution in [1.29, 1.82) is 0 Å². The van der Waals surface area contributed by atoms with Crippen molar-refractivity contribution in [2.45, 2.75) is 31.5 Å². The van der Waals surface area contributed by atoms with Crippen LogP contribution in [0.15, 0.2) is 30.3 Å². The third kappa shape index (κ3) is 1.75. The summed E-state index contributed by atoms with van der Waals surface area (Å²) in [5.41, 5.74) is 0.105. The molecule has 3 nitrogen and oxygen atoms in total. The van der Waals surface area contributed by atoms with Crippen LogP contribution in [0.1, 0.15) is 25.3 Å².